The first-order valence-electron chi connectivity index (χ1n) is 8.48. The summed E-state index contributed by atoms with van der Waals surface area (Å²) in [7, 11) is 0. The second kappa shape index (κ2) is 9.23. The van der Waals surface area contributed by atoms with Crippen molar-refractivity contribution in [3.8, 4) is 0 Å². The van der Waals surface area contributed by atoms with Crippen LogP contribution in [-0.2, 0) is 9.59 Å². The first-order valence-corrected chi connectivity index (χ1v) is 8.48. The Morgan fingerprint density at radius 3 is 2.50 bits per heavy atom. The molecule has 1 saturated heterocycles. The van der Waals surface area contributed by atoms with Crippen molar-refractivity contribution >= 4 is 11.9 Å². The first-order chi connectivity index (χ1) is 11.6. The van der Waals surface area contributed by atoms with E-state index in [0.717, 1.165) is 38.0 Å². The molecule has 24 heavy (non-hydrogen) atoms. The Hall–Kier alpha value is -2.14. The summed E-state index contributed by atoms with van der Waals surface area (Å²) >= 11 is 0. The molecule has 1 fully saturated rings. The van der Waals surface area contributed by atoms with Crippen LogP contribution in [0.4, 0.5) is 0 Å². The lowest BCUT2D eigenvalue weighted by Crippen LogP contribution is -2.44. The number of nitrogens with zero attached hydrogens (tertiary/aromatic N) is 1. The molecule has 1 heterocycles. The normalized spacial score (nSPS) is 17.2. The van der Waals surface area contributed by atoms with Crippen LogP contribution in [0.1, 0.15) is 37.2 Å². The highest BCUT2D eigenvalue weighted by atomic mass is 16.4. The number of hydrogen-bond donors (Lipinski definition) is 2. The average Bonchev–Trinajstić information content (AvgIpc) is 2.57. The molecule has 1 aromatic rings. The van der Waals surface area contributed by atoms with Gasteiger partial charge in [-0.3, -0.25) is 14.5 Å². The van der Waals surface area contributed by atoms with Crippen LogP contribution in [0, 0.1) is 0 Å². The van der Waals surface area contributed by atoms with Gasteiger partial charge in [-0.15, -0.1) is 6.58 Å². The second-order valence-electron chi connectivity index (χ2n) is 6.34. The van der Waals surface area contributed by atoms with Gasteiger partial charge in [-0.1, -0.05) is 36.4 Å². The summed E-state index contributed by atoms with van der Waals surface area (Å²) in [5.74, 6) is -1.23. The number of likely N-dealkylation sites (tertiary alicyclic amines) is 1. The summed E-state index contributed by atoms with van der Waals surface area (Å²) in [5, 5.41) is 12.2. The second-order valence-corrected chi connectivity index (χ2v) is 6.34. The minimum Gasteiger partial charge on any atom is -0.481 e. The zero-order valence-corrected chi connectivity index (χ0v) is 14.0. The van der Waals surface area contributed by atoms with Crippen molar-refractivity contribution in [2.24, 2.45) is 0 Å². The summed E-state index contributed by atoms with van der Waals surface area (Å²) in [6.07, 6.45) is 3.93. The summed E-state index contributed by atoms with van der Waals surface area (Å²) in [5.41, 5.74) is 0.899. The van der Waals surface area contributed by atoms with Crippen LogP contribution in [0.15, 0.2) is 43.0 Å². The molecule has 2 N–H and O–H groups in total. The van der Waals surface area contributed by atoms with Crippen LogP contribution >= 0.6 is 0 Å². The number of carbonyl (C=O) groups excluding carboxylic acids is 1. The number of carbonyl (C=O) groups is 2. The molecule has 130 valence electrons. The molecule has 1 aromatic carbocycles. The van der Waals surface area contributed by atoms with Gasteiger partial charge in [-0.25, -0.2) is 0 Å². The lowest BCUT2D eigenvalue weighted by molar-refractivity contribution is -0.137. The summed E-state index contributed by atoms with van der Waals surface area (Å²) in [6.45, 7) is 6.54. The Kier molecular flexibility index (Phi) is 7.00. The monoisotopic (exact) mass is 330 g/mol. The van der Waals surface area contributed by atoms with E-state index in [-0.39, 0.29) is 30.7 Å². The van der Waals surface area contributed by atoms with E-state index in [1.807, 2.05) is 36.4 Å². The van der Waals surface area contributed by atoms with Crippen molar-refractivity contribution in [1.82, 2.24) is 10.2 Å². The van der Waals surface area contributed by atoms with Crippen molar-refractivity contribution < 1.29 is 14.7 Å². The van der Waals surface area contributed by atoms with E-state index >= 15 is 0 Å². The third-order valence-electron chi connectivity index (χ3n) is 4.46. The van der Waals surface area contributed by atoms with Crippen molar-refractivity contribution in [2.75, 3.05) is 19.6 Å². The van der Waals surface area contributed by atoms with Gasteiger partial charge >= 0.3 is 5.97 Å². The van der Waals surface area contributed by atoms with Crippen LogP contribution in [0.25, 0.3) is 0 Å². The van der Waals surface area contributed by atoms with Gasteiger partial charge in [0.15, 0.2) is 0 Å². The maximum Gasteiger partial charge on any atom is 0.303 e. The summed E-state index contributed by atoms with van der Waals surface area (Å²) in [6, 6.07) is 9.58. The van der Waals surface area contributed by atoms with Gasteiger partial charge in [-0.05, 0) is 18.4 Å². The summed E-state index contributed by atoms with van der Waals surface area (Å²) < 4.78 is 0. The number of aliphatic carboxylic acids is 1. The zero-order valence-electron chi connectivity index (χ0n) is 14.0. The van der Waals surface area contributed by atoms with Crippen LogP contribution in [0.5, 0.6) is 0 Å². The Labute approximate surface area is 143 Å². The standard InChI is InChI=1S/C19H26N2O3/c1-2-10-21-11-8-17(9-12-21)20-18(22)13-16(14-19(23)24)15-6-4-3-5-7-15/h2-7,16-17H,1,8-14H2,(H,20,22)(H,23,24). The molecule has 2 rings (SSSR count). The van der Waals surface area contributed by atoms with Gasteiger partial charge in [0.05, 0.1) is 6.42 Å². The molecule has 1 unspecified atom stereocenters. The summed E-state index contributed by atoms with van der Waals surface area (Å²) in [4.78, 5) is 25.8. The quantitative estimate of drug-likeness (QED) is 0.718. The van der Waals surface area contributed by atoms with E-state index in [2.05, 4.69) is 16.8 Å². The van der Waals surface area contributed by atoms with Crippen LogP contribution in [0.2, 0.25) is 0 Å². The lowest BCUT2D eigenvalue weighted by Gasteiger charge is -2.31. The predicted octanol–water partition coefficient (Wildman–Crippen LogP) is 2.40. The molecular formula is C19H26N2O3. The topological polar surface area (TPSA) is 69.6 Å². The highest BCUT2D eigenvalue weighted by Crippen LogP contribution is 2.23. The first kappa shape index (κ1) is 18.2. The molecule has 1 atom stereocenters. The van der Waals surface area contributed by atoms with Crippen molar-refractivity contribution in [2.45, 2.75) is 37.6 Å². The molecular weight excluding hydrogens is 304 g/mol. The Balaban J connectivity index is 1.87. The van der Waals surface area contributed by atoms with Gasteiger partial charge in [0, 0.05) is 38.0 Å². The molecule has 0 aliphatic carbocycles. The lowest BCUT2D eigenvalue weighted by atomic mass is 9.92. The van der Waals surface area contributed by atoms with Crippen molar-refractivity contribution in [1.29, 1.82) is 0 Å². The number of rotatable bonds is 8. The fourth-order valence-electron chi connectivity index (χ4n) is 3.20. The van der Waals surface area contributed by atoms with Crippen LogP contribution < -0.4 is 5.32 Å². The smallest absolute Gasteiger partial charge is 0.303 e. The van der Waals surface area contributed by atoms with Gasteiger partial charge in [0.25, 0.3) is 0 Å². The molecule has 1 amide bonds. The molecule has 0 aromatic heterocycles. The van der Waals surface area contributed by atoms with E-state index in [4.69, 9.17) is 5.11 Å². The molecule has 5 nitrogen and oxygen atoms in total. The number of benzene rings is 1. The van der Waals surface area contributed by atoms with Crippen LogP contribution in [0.3, 0.4) is 0 Å². The molecule has 0 radical (unpaired) electrons. The third-order valence-corrected chi connectivity index (χ3v) is 4.46. The highest BCUT2D eigenvalue weighted by Gasteiger charge is 2.23. The van der Waals surface area contributed by atoms with E-state index in [9.17, 15) is 9.59 Å². The van der Waals surface area contributed by atoms with Crippen molar-refractivity contribution in [3.05, 3.63) is 48.6 Å². The van der Waals surface area contributed by atoms with E-state index < -0.39 is 5.97 Å². The molecule has 0 spiro atoms. The van der Waals surface area contributed by atoms with Gasteiger partial charge < -0.3 is 10.4 Å². The largest absolute Gasteiger partial charge is 0.481 e. The van der Waals surface area contributed by atoms with Gasteiger partial charge in [0.1, 0.15) is 0 Å². The average molecular weight is 330 g/mol. The molecule has 5 heteroatoms. The molecule has 0 bridgehead atoms. The number of carboxylic acid groups (broad SMARTS) is 1. The fraction of sp³-hybridized carbons (Fsp3) is 0.474. The predicted molar refractivity (Wildman–Crippen MR) is 93.9 cm³/mol. The van der Waals surface area contributed by atoms with E-state index in [1.165, 1.54) is 0 Å². The van der Waals surface area contributed by atoms with Gasteiger partial charge in [0.2, 0.25) is 5.91 Å². The molecule has 1 aliphatic rings. The maximum absolute atomic E-state index is 12.3. The number of piperidine rings is 1. The zero-order chi connectivity index (χ0) is 17.4. The fourth-order valence-corrected chi connectivity index (χ4v) is 3.20. The maximum atomic E-state index is 12.3. The van der Waals surface area contributed by atoms with Crippen LogP contribution in [-0.4, -0.2) is 47.6 Å². The number of hydrogen-bond acceptors (Lipinski definition) is 3. The Morgan fingerprint density at radius 1 is 1.25 bits per heavy atom. The highest BCUT2D eigenvalue weighted by molar-refractivity contribution is 5.78. The minimum absolute atomic E-state index is 0.0325. The van der Waals surface area contributed by atoms with E-state index in [1.54, 1.807) is 0 Å². The Bertz CT molecular complexity index is 551. The molecule has 0 saturated carbocycles. The third kappa shape index (κ3) is 5.81. The van der Waals surface area contributed by atoms with Gasteiger partial charge in [-0.2, -0.15) is 0 Å². The van der Waals surface area contributed by atoms with Crippen molar-refractivity contribution in [3.63, 3.8) is 0 Å². The molecule has 1 aliphatic heterocycles. The SMILES string of the molecule is C=CCN1CCC(NC(=O)CC(CC(=O)O)c2ccccc2)CC1. The number of amides is 1. The Morgan fingerprint density at radius 2 is 1.92 bits per heavy atom. The number of nitrogens with one attached hydrogen (secondary N) is 1. The van der Waals surface area contributed by atoms with E-state index in [0.29, 0.717) is 0 Å². The minimum atomic E-state index is -0.880. The number of carboxylic acids is 1.